The van der Waals surface area contributed by atoms with Crippen molar-refractivity contribution in [1.29, 1.82) is 0 Å². The summed E-state index contributed by atoms with van der Waals surface area (Å²) in [7, 11) is 0. The molecule has 3 nitrogen and oxygen atoms in total. The molecule has 0 amide bonds. The Labute approximate surface area is 66.4 Å². The average molecular weight is 151 g/mol. The third-order valence-electron chi connectivity index (χ3n) is 1.54. The molecule has 0 radical (unpaired) electrons. The molecule has 0 saturated carbocycles. The topological polar surface area (TPSA) is 64.9 Å². The molecule has 1 heterocycles. The van der Waals surface area contributed by atoms with E-state index in [0.717, 1.165) is 24.2 Å². The van der Waals surface area contributed by atoms with E-state index in [-0.39, 0.29) is 0 Å². The summed E-state index contributed by atoms with van der Waals surface area (Å²) in [6, 6.07) is 3.69. The Morgan fingerprint density at radius 2 is 2.27 bits per heavy atom. The molecule has 0 aliphatic rings. The van der Waals surface area contributed by atoms with Gasteiger partial charge in [-0.3, -0.25) is 4.98 Å². The number of hydrogen-bond donors (Lipinski definition) is 2. The minimum absolute atomic E-state index is 0.690. The first-order valence-electron chi connectivity index (χ1n) is 3.74. The van der Waals surface area contributed by atoms with Gasteiger partial charge in [0.25, 0.3) is 0 Å². The van der Waals surface area contributed by atoms with Crippen LogP contribution in [0.3, 0.4) is 0 Å². The molecule has 11 heavy (non-hydrogen) atoms. The molecule has 3 heteroatoms. The Bertz CT molecular complexity index is 222. The van der Waals surface area contributed by atoms with Gasteiger partial charge in [0.2, 0.25) is 0 Å². The van der Waals surface area contributed by atoms with Gasteiger partial charge in [0.15, 0.2) is 0 Å². The van der Waals surface area contributed by atoms with Crippen LogP contribution in [0.5, 0.6) is 0 Å². The zero-order chi connectivity index (χ0) is 8.10. The van der Waals surface area contributed by atoms with Gasteiger partial charge in [-0.25, -0.2) is 0 Å². The van der Waals surface area contributed by atoms with Gasteiger partial charge in [-0.2, -0.15) is 0 Å². The maximum Gasteiger partial charge on any atom is 0.0633 e. The number of hydrogen-bond acceptors (Lipinski definition) is 3. The first-order chi connectivity index (χ1) is 5.34. The SMILES string of the molecule is NCCCc1ncccc1N. The van der Waals surface area contributed by atoms with Crippen LogP contribution in [0.4, 0.5) is 5.69 Å². The van der Waals surface area contributed by atoms with Crippen molar-refractivity contribution in [3.63, 3.8) is 0 Å². The van der Waals surface area contributed by atoms with Crippen molar-refractivity contribution in [2.24, 2.45) is 5.73 Å². The molecular formula is C8H13N3. The van der Waals surface area contributed by atoms with E-state index in [1.165, 1.54) is 0 Å². The minimum atomic E-state index is 0.690. The summed E-state index contributed by atoms with van der Waals surface area (Å²) in [5, 5.41) is 0. The summed E-state index contributed by atoms with van der Waals surface area (Å²) in [4.78, 5) is 4.14. The van der Waals surface area contributed by atoms with Crippen molar-refractivity contribution in [1.82, 2.24) is 4.98 Å². The molecule has 60 valence electrons. The second-order valence-electron chi connectivity index (χ2n) is 2.43. The molecular weight excluding hydrogens is 138 g/mol. The molecule has 0 bridgehead atoms. The molecule has 0 saturated heterocycles. The van der Waals surface area contributed by atoms with Gasteiger partial charge >= 0.3 is 0 Å². The Kier molecular flexibility index (Phi) is 2.86. The number of nitrogens with two attached hydrogens (primary N) is 2. The highest BCUT2D eigenvalue weighted by atomic mass is 14.7. The monoisotopic (exact) mass is 151 g/mol. The van der Waals surface area contributed by atoms with Crippen molar-refractivity contribution in [2.45, 2.75) is 12.8 Å². The number of aryl methyl sites for hydroxylation is 1. The quantitative estimate of drug-likeness (QED) is 0.663. The van der Waals surface area contributed by atoms with Crippen LogP contribution in [-0.4, -0.2) is 11.5 Å². The van der Waals surface area contributed by atoms with Crippen molar-refractivity contribution in [3.05, 3.63) is 24.0 Å². The number of rotatable bonds is 3. The number of nitrogen functional groups attached to an aromatic ring is 1. The zero-order valence-corrected chi connectivity index (χ0v) is 6.46. The van der Waals surface area contributed by atoms with Gasteiger partial charge < -0.3 is 11.5 Å². The highest BCUT2D eigenvalue weighted by Gasteiger charge is 1.96. The van der Waals surface area contributed by atoms with Crippen LogP contribution >= 0.6 is 0 Å². The van der Waals surface area contributed by atoms with Crippen LogP contribution in [-0.2, 0) is 6.42 Å². The standard InChI is InChI=1S/C8H13N3/c9-5-1-4-8-7(10)3-2-6-11-8/h2-3,6H,1,4-5,9-10H2. The number of anilines is 1. The third kappa shape index (κ3) is 2.20. The van der Waals surface area contributed by atoms with E-state index in [1.54, 1.807) is 6.20 Å². The summed E-state index contributed by atoms with van der Waals surface area (Å²) in [5.41, 5.74) is 12.7. The Morgan fingerprint density at radius 3 is 2.91 bits per heavy atom. The molecule has 0 atom stereocenters. The van der Waals surface area contributed by atoms with Crippen LogP contribution in [0.2, 0.25) is 0 Å². The van der Waals surface area contributed by atoms with Gasteiger partial charge in [-0.1, -0.05) is 0 Å². The average Bonchev–Trinajstić information content (AvgIpc) is 2.03. The predicted octanol–water partition coefficient (Wildman–Crippen LogP) is 0.555. The number of aromatic nitrogens is 1. The smallest absolute Gasteiger partial charge is 0.0633 e. The van der Waals surface area contributed by atoms with Crippen LogP contribution in [0, 0.1) is 0 Å². The number of nitrogens with zero attached hydrogens (tertiary/aromatic N) is 1. The van der Waals surface area contributed by atoms with E-state index in [4.69, 9.17) is 11.5 Å². The van der Waals surface area contributed by atoms with E-state index in [9.17, 15) is 0 Å². The Morgan fingerprint density at radius 1 is 1.45 bits per heavy atom. The van der Waals surface area contributed by atoms with E-state index in [1.807, 2.05) is 12.1 Å². The van der Waals surface area contributed by atoms with Crippen LogP contribution < -0.4 is 11.5 Å². The molecule has 1 aromatic rings. The maximum atomic E-state index is 5.66. The summed E-state index contributed by atoms with van der Waals surface area (Å²) >= 11 is 0. The van der Waals surface area contributed by atoms with E-state index < -0.39 is 0 Å². The molecule has 0 unspecified atom stereocenters. The minimum Gasteiger partial charge on any atom is -0.397 e. The predicted molar refractivity (Wildman–Crippen MR) is 46.0 cm³/mol. The van der Waals surface area contributed by atoms with Gasteiger partial charge in [-0.15, -0.1) is 0 Å². The van der Waals surface area contributed by atoms with E-state index in [0.29, 0.717) is 6.54 Å². The summed E-state index contributed by atoms with van der Waals surface area (Å²) in [6.07, 6.45) is 3.58. The lowest BCUT2D eigenvalue weighted by molar-refractivity contribution is 0.813. The fourth-order valence-corrected chi connectivity index (χ4v) is 0.929. The fourth-order valence-electron chi connectivity index (χ4n) is 0.929. The van der Waals surface area contributed by atoms with Crippen LogP contribution in [0.15, 0.2) is 18.3 Å². The summed E-state index contributed by atoms with van der Waals surface area (Å²) in [6.45, 7) is 0.690. The van der Waals surface area contributed by atoms with Crippen molar-refractivity contribution >= 4 is 5.69 Å². The fraction of sp³-hybridized carbons (Fsp3) is 0.375. The summed E-state index contributed by atoms with van der Waals surface area (Å²) in [5.74, 6) is 0. The Balaban J connectivity index is 2.62. The molecule has 1 aromatic heterocycles. The number of pyridine rings is 1. The Hall–Kier alpha value is -1.09. The van der Waals surface area contributed by atoms with E-state index in [2.05, 4.69) is 4.98 Å². The molecule has 0 spiro atoms. The van der Waals surface area contributed by atoms with Crippen LogP contribution in [0.25, 0.3) is 0 Å². The van der Waals surface area contributed by atoms with Crippen LogP contribution in [0.1, 0.15) is 12.1 Å². The summed E-state index contributed by atoms with van der Waals surface area (Å²) < 4.78 is 0. The molecule has 4 N–H and O–H groups in total. The lowest BCUT2D eigenvalue weighted by Gasteiger charge is -2.01. The van der Waals surface area contributed by atoms with Crippen molar-refractivity contribution < 1.29 is 0 Å². The largest absolute Gasteiger partial charge is 0.397 e. The molecule has 0 aromatic carbocycles. The first-order valence-corrected chi connectivity index (χ1v) is 3.74. The second-order valence-corrected chi connectivity index (χ2v) is 2.43. The second kappa shape index (κ2) is 3.93. The molecule has 0 aliphatic carbocycles. The maximum absolute atomic E-state index is 5.66. The van der Waals surface area contributed by atoms with Gasteiger partial charge in [-0.05, 0) is 31.5 Å². The zero-order valence-electron chi connectivity index (χ0n) is 6.46. The third-order valence-corrected chi connectivity index (χ3v) is 1.54. The highest BCUT2D eigenvalue weighted by Crippen LogP contribution is 2.08. The normalized spacial score (nSPS) is 9.91. The van der Waals surface area contributed by atoms with Gasteiger partial charge in [0.1, 0.15) is 0 Å². The van der Waals surface area contributed by atoms with Gasteiger partial charge in [0, 0.05) is 6.20 Å². The van der Waals surface area contributed by atoms with Crippen molar-refractivity contribution in [3.8, 4) is 0 Å². The van der Waals surface area contributed by atoms with Gasteiger partial charge in [0.05, 0.1) is 11.4 Å². The highest BCUT2D eigenvalue weighted by molar-refractivity contribution is 5.41. The lowest BCUT2D eigenvalue weighted by Crippen LogP contribution is -2.03. The lowest BCUT2D eigenvalue weighted by atomic mass is 10.2. The molecule has 0 fully saturated rings. The van der Waals surface area contributed by atoms with Crippen molar-refractivity contribution in [2.75, 3.05) is 12.3 Å². The molecule has 1 rings (SSSR count). The first kappa shape index (κ1) is 8.01. The molecule has 0 aliphatic heterocycles. The van der Waals surface area contributed by atoms with E-state index >= 15 is 0 Å².